The van der Waals surface area contributed by atoms with Crippen LogP contribution in [-0.2, 0) is 6.61 Å². The van der Waals surface area contributed by atoms with E-state index < -0.39 is 0 Å². The van der Waals surface area contributed by atoms with Crippen molar-refractivity contribution in [2.45, 2.75) is 6.61 Å². The van der Waals surface area contributed by atoms with E-state index in [1.165, 1.54) is 0 Å². The molecule has 0 unspecified atom stereocenters. The maximum absolute atomic E-state index is 12.1. The molecule has 3 aromatic rings. The summed E-state index contributed by atoms with van der Waals surface area (Å²) in [6.07, 6.45) is 6.74. The van der Waals surface area contributed by atoms with Crippen LogP contribution in [0.5, 0.6) is 5.75 Å². The molecule has 0 aliphatic rings. The van der Waals surface area contributed by atoms with Crippen molar-refractivity contribution in [2.75, 3.05) is 5.32 Å². The highest BCUT2D eigenvalue weighted by Gasteiger charge is 2.06. The number of nitrogens with one attached hydrogen (secondary N) is 1. The molecule has 0 bridgehead atoms. The van der Waals surface area contributed by atoms with E-state index in [1.807, 2.05) is 12.1 Å². The van der Waals surface area contributed by atoms with Gasteiger partial charge in [0.25, 0.3) is 5.91 Å². The first-order valence-electron chi connectivity index (χ1n) is 7.14. The van der Waals surface area contributed by atoms with E-state index in [0.29, 0.717) is 23.6 Å². The molecule has 5 nitrogen and oxygen atoms in total. The number of hydrogen-bond donors (Lipinski definition) is 1. The van der Waals surface area contributed by atoms with Gasteiger partial charge in [0, 0.05) is 29.7 Å². The van der Waals surface area contributed by atoms with Gasteiger partial charge in [0.2, 0.25) is 0 Å². The first kappa shape index (κ1) is 14.7. The fraction of sp³-hybridized carbons (Fsp3) is 0.0556. The first-order chi connectivity index (χ1) is 11.3. The summed E-state index contributed by atoms with van der Waals surface area (Å²) in [5.41, 5.74) is 2.21. The van der Waals surface area contributed by atoms with Crippen LogP contribution >= 0.6 is 0 Å². The molecule has 0 radical (unpaired) electrons. The third kappa shape index (κ3) is 4.14. The van der Waals surface area contributed by atoms with E-state index in [0.717, 1.165) is 5.56 Å². The lowest BCUT2D eigenvalue weighted by Crippen LogP contribution is -2.11. The SMILES string of the molecule is O=C(Nc1cccnc1)c1ccc(OCc2cccnc2)cc1. The van der Waals surface area contributed by atoms with Crippen LogP contribution in [0.3, 0.4) is 0 Å². The number of hydrogen-bond acceptors (Lipinski definition) is 4. The second kappa shape index (κ2) is 7.17. The van der Waals surface area contributed by atoms with Crippen molar-refractivity contribution in [3.05, 3.63) is 84.4 Å². The minimum atomic E-state index is -0.184. The molecule has 0 aliphatic heterocycles. The maximum Gasteiger partial charge on any atom is 0.255 e. The van der Waals surface area contributed by atoms with Crippen molar-refractivity contribution >= 4 is 11.6 Å². The van der Waals surface area contributed by atoms with Gasteiger partial charge in [-0.3, -0.25) is 14.8 Å². The number of ether oxygens (including phenoxy) is 1. The van der Waals surface area contributed by atoms with E-state index in [-0.39, 0.29) is 5.91 Å². The Bertz CT molecular complexity index is 759. The van der Waals surface area contributed by atoms with Crippen molar-refractivity contribution in [2.24, 2.45) is 0 Å². The lowest BCUT2D eigenvalue weighted by molar-refractivity contribution is 0.102. The summed E-state index contributed by atoms with van der Waals surface area (Å²) in [4.78, 5) is 20.1. The van der Waals surface area contributed by atoms with E-state index in [2.05, 4.69) is 15.3 Å². The first-order valence-corrected chi connectivity index (χ1v) is 7.14. The monoisotopic (exact) mass is 305 g/mol. The Morgan fingerprint density at radius 2 is 1.70 bits per heavy atom. The van der Waals surface area contributed by atoms with Crippen molar-refractivity contribution < 1.29 is 9.53 Å². The van der Waals surface area contributed by atoms with Crippen LogP contribution in [0.15, 0.2) is 73.3 Å². The molecular formula is C18H15N3O2. The van der Waals surface area contributed by atoms with Crippen LogP contribution < -0.4 is 10.1 Å². The number of carbonyl (C=O) groups excluding carboxylic acids is 1. The number of nitrogens with zero attached hydrogens (tertiary/aromatic N) is 2. The summed E-state index contributed by atoms with van der Waals surface area (Å²) in [5, 5.41) is 2.78. The second-order valence-corrected chi connectivity index (χ2v) is 4.87. The topological polar surface area (TPSA) is 64.1 Å². The Hall–Kier alpha value is -3.21. The molecule has 0 saturated heterocycles. The zero-order valence-electron chi connectivity index (χ0n) is 12.3. The Labute approximate surface area is 134 Å². The summed E-state index contributed by atoms with van der Waals surface area (Å²) >= 11 is 0. The van der Waals surface area contributed by atoms with Crippen LogP contribution in [-0.4, -0.2) is 15.9 Å². The molecule has 1 N–H and O–H groups in total. The van der Waals surface area contributed by atoms with Gasteiger partial charge in [-0.05, 0) is 42.5 Å². The number of amides is 1. The molecule has 0 spiro atoms. The molecule has 2 aromatic heterocycles. The van der Waals surface area contributed by atoms with Gasteiger partial charge >= 0.3 is 0 Å². The third-order valence-electron chi connectivity index (χ3n) is 3.16. The predicted octanol–water partition coefficient (Wildman–Crippen LogP) is 3.31. The lowest BCUT2D eigenvalue weighted by Gasteiger charge is -2.08. The van der Waals surface area contributed by atoms with Crippen LogP contribution in [0.25, 0.3) is 0 Å². The van der Waals surface area contributed by atoms with Crippen LogP contribution in [0.1, 0.15) is 15.9 Å². The van der Waals surface area contributed by atoms with E-state index in [4.69, 9.17) is 4.74 Å². The van der Waals surface area contributed by atoms with Crippen molar-refractivity contribution in [1.82, 2.24) is 9.97 Å². The predicted molar refractivity (Wildman–Crippen MR) is 87.2 cm³/mol. The highest BCUT2D eigenvalue weighted by molar-refractivity contribution is 6.04. The fourth-order valence-electron chi connectivity index (χ4n) is 1.99. The van der Waals surface area contributed by atoms with Gasteiger partial charge in [-0.25, -0.2) is 0 Å². The molecule has 114 valence electrons. The number of aromatic nitrogens is 2. The summed E-state index contributed by atoms with van der Waals surface area (Å²) < 4.78 is 5.66. The van der Waals surface area contributed by atoms with Crippen molar-refractivity contribution in [1.29, 1.82) is 0 Å². The van der Waals surface area contributed by atoms with Crippen LogP contribution in [0.2, 0.25) is 0 Å². The Balaban J connectivity index is 1.59. The second-order valence-electron chi connectivity index (χ2n) is 4.87. The van der Waals surface area contributed by atoms with Gasteiger partial charge in [-0.15, -0.1) is 0 Å². The van der Waals surface area contributed by atoms with Crippen molar-refractivity contribution in [3.8, 4) is 5.75 Å². The zero-order valence-corrected chi connectivity index (χ0v) is 12.3. The number of rotatable bonds is 5. The summed E-state index contributed by atoms with van der Waals surface area (Å²) in [7, 11) is 0. The van der Waals surface area contributed by atoms with Gasteiger partial charge in [0.15, 0.2) is 0 Å². The summed E-state index contributed by atoms with van der Waals surface area (Å²) in [5.74, 6) is 0.517. The highest BCUT2D eigenvalue weighted by Crippen LogP contribution is 2.15. The molecule has 2 heterocycles. The van der Waals surface area contributed by atoms with Gasteiger partial charge in [-0.2, -0.15) is 0 Å². The molecule has 0 atom stereocenters. The molecule has 0 saturated carbocycles. The maximum atomic E-state index is 12.1. The lowest BCUT2D eigenvalue weighted by atomic mass is 10.2. The average molecular weight is 305 g/mol. The largest absolute Gasteiger partial charge is 0.489 e. The number of pyridine rings is 2. The fourth-order valence-corrected chi connectivity index (χ4v) is 1.99. The number of carbonyl (C=O) groups is 1. The van der Waals surface area contributed by atoms with Crippen LogP contribution in [0, 0.1) is 0 Å². The zero-order chi connectivity index (χ0) is 15.9. The molecule has 0 aliphatic carbocycles. The minimum Gasteiger partial charge on any atom is -0.489 e. The van der Waals surface area contributed by atoms with Gasteiger partial charge in [0.1, 0.15) is 12.4 Å². The number of benzene rings is 1. The van der Waals surface area contributed by atoms with E-state index in [1.54, 1.807) is 61.2 Å². The van der Waals surface area contributed by atoms with Crippen LogP contribution in [0.4, 0.5) is 5.69 Å². The molecule has 1 amide bonds. The molecule has 0 fully saturated rings. The molecule has 5 heteroatoms. The average Bonchev–Trinajstić information content (AvgIpc) is 2.62. The molecule has 3 rings (SSSR count). The highest BCUT2D eigenvalue weighted by atomic mass is 16.5. The standard InChI is InChI=1S/C18H15N3O2/c22-18(21-16-4-2-10-20-12-16)15-5-7-17(8-6-15)23-13-14-3-1-9-19-11-14/h1-12H,13H2,(H,21,22). The van der Waals surface area contributed by atoms with Crippen molar-refractivity contribution in [3.63, 3.8) is 0 Å². The Morgan fingerprint density at radius 3 is 2.35 bits per heavy atom. The smallest absolute Gasteiger partial charge is 0.255 e. The van der Waals surface area contributed by atoms with Gasteiger partial charge in [-0.1, -0.05) is 6.07 Å². The third-order valence-corrected chi connectivity index (χ3v) is 3.16. The summed E-state index contributed by atoms with van der Waals surface area (Å²) in [6.45, 7) is 0.440. The minimum absolute atomic E-state index is 0.184. The quantitative estimate of drug-likeness (QED) is 0.785. The number of anilines is 1. The molecular weight excluding hydrogens is 290 g/mol. The summed E-state index contributed by atoms with van der Waals surface area (Å²) in [6, 6.07) is 14.4. The normalized spacial score (nSPS) is 10.1. The molecule has 23 heavy (non-hydrogen) atoms. The van der Waals surface area contributed by atoms with Gasteiger partial charge in [0.05, 0.1) is 11.9 Å². The molecule has 1 aromatic carbocycles. The Morgan fingerprint density at radius 1 is 0.957 bits per heavy atom. The van der Waals surface area contributed by atoms with E-state index >= 15 is 0 Å². The van der Waals surface area contributed by atoms with Gasteiger partial charge < -0.3 is 10.1 Å². The Kier molecular flexibility index (Phi) is 4.59. The van der Waals surface area contributed by atoms with E-state index in [9.17, 15) is 4.79 Å².